The van der Waals surface area contributed by atoms with Crippen LogP contribution in [-0.2, 0) is 23.6 Å². The lowest BCUT2D eigenvalue weighted by Crippen LogP contribution is -2.32. The minimum Gasteiger partial charge on any atom is -0.493 e. The van der Waals surface area contributed by atoms with Crippen molar-refractivity contribution in [2.75, 3.05) is 13.2 Å². The first kappa shape index (κ1) is 36.9. The number of nitrogens with zero attached hydrogens (tertiary/aromatic N) is 2. The predicted octanol–water partition coefficient (Wildman–Crippen LogP) is 10.1. The lowest BCUT2D eigenvalue weighted by atomic mass is 9.88. The second-order valence-electron chi connectivity index (χ2n) is 13.5. The molecule has 0 atom stereocenters. The van der Waals surface area contributed by atoms with Gasteiger partial charge < -0.3 is 9.47 Å². The highest BCUT2D eigenvalue weighted by molar-refractivity contribution is 7.17. The zero-order chi connectivity index (χ0) is 38.3. The Morgan fingerprint density at radius 3 is 1.39 bits per heavy atom. The molecule has 1 aliphatic carbocycles. The van der Waals surface area contributed by atoms with Gasteiger partial charge in [-0.15, -0.1) is 22.7 Å². The van der Waals surface area contributed by atoms with E-state index in [1.165, 1.54) is 33.4 Å². The van der Waals surface area contributed by atoms with E-state index >= 15 is 0 Å². The van der Waals surface area contributed by atoms with Crippen LogP contribution < -0.4 is 9.13 Å². The number of para-hydroxylation sites is 2. The van der Waals surface area contributed by atoms with Gasteiger partial charge in [0.1, 0.15) is 25.6 Å². The van der Waals surface area contributed by atoms with Gasteiger partial charge in [-0.05, 0) is 89.1 Å². The molecule has 1 aliphatic rings. The second kappa shape index (κ2) is 15.1. The Bertz CT molecular complexity index is 2450. The van der Waals surface area contributed by atoms with Gasteiger partial charge >= 0.3 is 0 Å². The van der Waals surface area contributed by atoms with Crippen LogP contribution in [0.1, 0.15) is 90.4 Å². The quantitative estimate of drug-likeness (QED) is 0.0793. The van der Waals surface area contributed by atoms with Crippen molar-refractivity contribution in [3.8, 4) is 0 Å². The Hall–Kier alpha value is -5.44. The summed E-state index contributed by atoms with van der Waals surface area (Å²) in [6.07, 6.45) is 8.18. The molecule has 4 aromatic heterocycles. The van der Waals surface area contributed by atoms with E-state index in [2.05, 4.69) is 83.9 Å². The fourth-order valence-electron chi connectivity index (χ4n) is 7.32. The van der Waals surface area contributed by atoms with E-state index in [4.69, 9.17) is 9.47 Å². The van der Waals surface area contributed by atoms with Gasteiger partial charge in [-0.1, -0.05) is 24.3 Å². The van der Waals surface area contributed by atoms with Crippen LogP contribution >= 0.6 is 22.7 Å². The highest BCUT2D eigenvalue weighted by Crippen LogP contribution is 2.46. The maximum Gasteiger partial charge on any atom is 0.212 e. The fraction of sp³-hybridized carbons (Fsp3) is 0.217. The first-order valence-electron chi connectivity index (χ1n) is 18.2. The standard InChI is InChI=1S/C46H44N2O4S2/c1-9-51-37(25-27(3)23-33-21-19-31-15-11-13-17-35(31)47(33)7)39-29(5)53-45-41(39)43(49)46-42(44(45)50)40(30(6)54-46)38(52-10-2)26-28(4)24-34-22-20-32-16-12-14-18-36(32)48(34)8/h11-26H,9-10H2,1-8H3/q+2/b27-23-,28-24-,37-25-,38-26-. The molecular formula is C46H44N2O4S2+2. The van der Waals surface area contributed by atoms with Crippen LogP contribution in [0.4, 0.5) is 0 Å². The minimum atomic E-state index is -0.155. The van der Waals surface area contributed by atoms with Crippen molar-refractivity contribution in [1.82, 2.24) is 0 Å². The maximum atomic E-state index is 14.6. The summed E-state index contributed by atoms with van der Waals surface area (Å²) in [6.45, 7) is 12.7. The molecular weight excluding hydrogens is 709 g/mol. The molecule has 6 aromatic rings. The van der Waals surface area contributed by atoms with Gasteiger partial charge in [0.2, 0.25) is 34.0 Å². The van der Waals surface area contributed by atoms with E-state index in [-0.39, 0.29) is 11.6 Å². The average molecular weight is 753 g/mol. The van der Waals surface area contributed by atoms with Crippen molar-refractivity contribution >= 4 is 79.7 Å². The van der Waals surface area contributed by atoms with Crippen molar-refractivity contribution in [2.45, 2.75) is 41.5 Å². The molecule has 2 aromatic carbocycles. The number of aryl methyl sites for hydroxylation is 4. The lowest BCUT2D eigenvalue weighted by molar-refractivity contribution is -0.646. The number of pyridine rings is 2. The number of hydrogen-bond donors (Lipinski definition) is 0. The first-order chi connectivity index (χ1) is 26.0. The predicted molar refractivity (Wildman–Crippen MR) is 222 cm³/mol. The third-order valence-electron chi connectivity index (χ3n) is 9.83. The van der Waals surface area contributed by atoms with Crippen molar-refractivity contribution < 1.29 is 28.2 Å². The van der Waals surface area contributed by atoms with Crippen LogP contribution in [0.3, 0.4) is 0 Å². The number of benzene rings is 2. The Kier molecular flexibility index (Phi) is 10.3. The van der Waals surface area contributed by atoms with Gasteiger partial charge in [0, 0.05) is 68.1 Å². The summed E-state index contributed by atoms with van der Waals surface area (Å²) in [7, 11) is 4.11. The molecule has 7 rings (SSSR count). The van der Waals surface area contributed by atoms with Crippen LogP contribution in [0.5, 0.6) is 0 Å². The van der Waals surface area contributed by atoms with E-state index in [1.54, 1.807) is 0 Å². The molecule has 6 nitrogen and oxygen atoms in total. The summed E-state index contributed by atoms with van der Waals surface area (Å²) < 4.78 is 16.8. The van der Waals surface area contributed by atoms with Gasteiger partial charge in [0.05, 0.1) is 34.1 Å². The zero-order valence-electron chi connectivity index (χ0n) is 32.0. The van der Waals surface area contributed by atoms with Crippen LogP contribution in [0.2, 0.25) is 0 Å². The van der Waals surface area contributed by atoms with Crippen molar-refractivity contribution in [3.05, 3.63) is 149 Å². The SMILES string of the molecule is CCO/C(=C\C(C)=C/c1ccc2ccccc2[n+]1C)c1c(C)sc2c1C(=O)c1sc(C)c(/C(=C/C(C)=C\c3ccc4ccccc4[n+]3C)OCC)c1C2=O. The number of rotatable bonds is 10. The summed E-state index contributed by atoms with van der Waals surface area (Å²) in [5.74, 6) is 0.858. The summed E-state index contributed by atoms with van der Waals surface area (Å²) >= 11 is 2.72. The number of hydrogen-bond acceptors (Lipinski definition) is 6. The number of aromatic nitrogens is 2. The van der Waals surface area contributed by atoms with Gasteiger partial charge in [0.15, 0.2) is 0 Å². The number of fused-ring (bicyclic) bond motifs is 4. The molecule has 0 unspecified atom stereocenters. The minimum absolute atomic E-state index is 0.155. The normalized spacial score (nSPS) is 13.9. The van der Waals surface area contributed by atoms with Crippen LogP contribution in [-0.4, -0.2) is 24.8 Å². The lowest BCUT2D eigenvalue weighted by Gasteiger charge is -2.17. The number of ketones is 2. The van der Waals surface area contributed by atoms with Gasteiger partial charge in [-0.25, -0.2) is 0 Å². The Morgan fingerprint density at radius 2 is 1.00 bits per heavy atom. The molecule has 4 heterocycles. The van der Waals surface area contributed by atoms with E-state index < -0.39 is 0 Å². The summed E-state index contributed by atoms with van der Waals surface area (Å²) in [4.78, 5) is 31.8. The Labute approximate surface area is 324 Å². The van der Waals surface area contributed by atoms with Gasteiger partial charge in [-0.2, -0.15) is 9.13 Å². The molecule has 0 radical (unpaired) electrons. The summed E-state index contributed by atoms with van der Waals surface area (Å²) in [5.41, 5.74) is 8.48. The average Bonchev–Trinajstić information content (AvgIpc) is 3.70. The molecule has 8 heteroatoms. The monoisotopic (exact) mass is 752 g/mol. The smallest absolute Gasteiger partial charge is 0.212 e. The molecule has 272 valence electrons. The van der Waals surface area contributed by atoms with Gasteiger partial charge in [-0.3, -0.25) is 9.59 Å². The summed E-state index contributed by atoms with van der Waals surface area (Å²) in [6, 6.07) is 25.0. The Morgan fingerprint density at radius 1 is 0.611 bits per heavy atom. The molecule has 0 fully saturated rings. The largest absolute Gasteiger partial charge is 0.493 e. The molecule has 0 bridgehead atoms. The van der Waals surface area contributed by atoms with Gasteiger partial charge in [0.25, 0.3) is 0 Å². The molecule has 0 aliphatic heterocycles. The molecule has 0 spiro atoms. The van der Waals surface area contributed by atoms with Crippen molar-refractivity contribution in [1.29, 1.82) is 0 Å². The molecule has 0 N–H and O–H groups in total. The van der Waals surface area contributed by atoms with Crippen LogP contribution in [0, 0.1) is 13.8 Å². The number of allylic oxidation sites excluding steroid dienone is 4. The fourth-order valence-corrected chi connectivity index (χ4v) is 9.52. The highest BCUT2D eigenvalue weighted by atomic mass is 32.1. The van der Waals surface area contributed by atoms with E-state index in [1.807, 2.05) is 78.0 Å². The molecule has 0 saturated carbocycles. The number of carbonyl (C=O) groups is 2. The molecule has 0 saturated heterocycles. The van der Waals surface area contributed by atoms with Crippen molar-refractivity contribution in [2.24, 2.45) is 14.1 Å². The topological polar surface area (TPSA) is 60.4 Å². The summed E-state index contributed by atoms with van der Waals surface area (Å²) in [5, 5.41) is 2.34. The van der Waals surface area contributed by atoms with E-state index in [0.717, 1.165) is 43.3 Å². The Balaban J connectivity index is 1.28. The highest BCUT2D eigenvalue weighted by Gasteiger charge is 2.40. The third-order valence-corrected chi connectivity index (χ3v) is 12.0. The first-order valence-corrected chi connectivity index (χ1v) is 19.8. The van der Waals surface area contributed by atoms with Crippen LogP contribution in [0.15, 0.2) is 96.1 Å². The number of ether oxygens (including phenoxy) is 2. The molecule has 54 heavy (non-hydrogen) atoms. The number of carbonyl (C=O) groups excluding carboxylic acids is 2. The number of thiophene rings is 2. The van der Waals surface area contributed by atoms with Crippen molar-refractivity contribution in [3.63, 3.8) is 0 Å². The second-order valence-corrected chi connectivity index (χ2v) is 16.0. The zero-order valence-corrected chi connectivity index (χ0v) is 33.6. The maximum absolute atomic E-state index is 14.6. The third kappa shape index (κ3) is 6.65. The van der Waals surface area contributed by atoms with E-state index in [9.17, 15) is 9.59 Å². The van der Waals surface area contributed by atoms with Crippen LogP contribution in [0.25, 0.3) is 45.5 Å². The van der Waals surface area contributed by atoms with E-state index in [0.29, 0.717) is 56.7 Å². The molecule has 0 amide bonds.